The lowest BCUT2D eigenvalue weighted by molar-refractivity contribution is -0.810. The van der Waals surface area contributed by atoms with Gasteiger partial charge in [0.2, 0.25) is 5.69 Å². The highest BCUT2D eigenvalue weighted by Gasteiger charge is 2.65. The molecule has 0 radical (unpaired) electrons. The zero-order valence-electron chi connectivity index (χ0n) is 13.7. The summed E-state index contributed by atoms with van der Waals surface area (Å²) in [6, 6.07) is 0. The van der Waals surface area contributed by atoms with Crippen molar-refractivity contribution in [1.29, 1.82) is 0 Å². The van der Waals surface area contributed by atoms with E-state index in [2.05, 4.69) is 9.79 Å². The minimum absolute atomic E-state index is 0.0134. The van der Waals surface area contributed by atoms with Crippen LogP contribution in [-0.2, 0) is 4.43 Å². The maximum atomic E-state index is 12.1. The van der Waals surface area contributed by atoms with Gasteiger partial charge in [0.25, 0.3) is 5.54 Å². The summed E-state index contributed by atoms with van der Waals surface area (Å²) >= 11 is 0. The maximum Gasteiger partial charge on any atom is 0.329 e. The first-order valence-electron chi connectivity index (χ1n) is 7.54. The molecule has 1 aromatic heterocycles. The molecule has 0 spiro atoms. The van der Waals surface area contributed by atoms with Crippen LogP contribution in [0.3, 0.4) is 0 Å². The van der Waals surface area contributed by atoms with E-state index in [1.54, 1.807) is 12.2 Å². The van der Waals surface area contributed by atoms with Gasteiger partial charge in [-0.25, -0.2) is 0 Å². The Morgan fingerprint density at radius 2 is 2.08 bits per heavy atom. The van der Waals surface area contributed by atoms with Gasteiger partial charge in [0.05, 0.1) is 16.2 Å². The second kappa shape index (κ2) is 5.45. The van der Waals surface area contributed by atoms with Crippen LogP contribution in [0.25, 0.3) is 5.70 Å². The van der Waals surface area contributed by atoms with Crippen molar-refractivity contribution in [2.75, 3.05) is 0 Å². The van der Waals surface area contributed by atoms with Gasteiger partial charge in [-0.2, -0.15) is 0 Å². The molecule has 0 N–H and O–H groups in total. The van der Waals surface area contributed by atoms with E-state index in [9.17, 15) is 25.4 Å². The molecule has 25 heavy (non-hydrogen) atoms. The summed E-state index contributed by atoms with van der Waals surface area (Å²) in [5.74, 6) is -0.976. The molecule has 0 aromatic carbocycles. The Morgan fingerprint density at radius 1 is 1.40 bits per heavy atom. The normalized spacial score (nSPS) is 28.0. The fourth-order valence-electron chi connectivity index (χ4n) is 3.34. The van der Waals surface area contributed by atoms with Crippen LogP contribution in [0, 0.1) is 25.4 Å². The molecule has 3 atom stereocenters. The number of hydrogen-bond donors (Lipinski definition) is 0. The Labute approximate surface area is 142 Å². The minimum atomic E-state index is -2.23. The van der Waals surface area contributed by atoms with E-state index in [1.807, 2.05) is 19.6 Å². The van der Waals surface area contributed by atoms with Crippen LogP contribution in [0.15, 0.2) is 22.9 Å². The standard InChI is InChI=1S/C13H16N4O7Si/c1-25(2,3)23-10-6-4-5-8-12-11(14-24-16(12)20)9(15(18)19)7-13(8,10)17(21)22/h4,6-8,10H,5H2,1-3H3/t8-,10+,13-/m1/s1. The number of fused-ring (bicyclic) bond motifs is 3. The third-order valence-corrected chi connectivity index (χ3v) is 5.24. The van der Waals surface area contributed by atoms with Gasteiger partial charge < -0.3 is 9.63 Å². The number of allylic oxidation sites excluding steroid dienone is 1. The van der Waals surface area contributed by atoms with E-state index in [0.717, 1.165) is 6.08 Å². The fraction of sp³-hybridized carbons (Fsp3) is 0.538. The summed E-state index contributed by atoms with van der Waals surface area (Å²) in [7, 11) is -2.23. The molecule has 0 aliphatic heterocycles. The predicted octanol–water partition coefficient (Wildman–Crippen LogP) is 1.22. The number of nitro groups is 2. The molecule has 1 heterocycles. The monoisotopic (exact) mass is 368 g/mol. The lowest BCUT2D eigenvalue weighted by Gasteiger charge is -2.39. The van der Waals surface area contributed by atoms with E-state index in [-0.39, 0.29) is 22.7 Å². The van der Waals surface area contributed by atoms with E-state index in [4.69, 9.17) is 4.43 Å². The molecule has 1 aromatic rings. The first kappa shape index (κ1) is 17.2. The Hall–Kier alpha value is -2.60. The third kappa shape index (κ3) is 2.53. The second-order valence-electron chi connectivity index (χ2n) is 6.96. The third-order valence-electron chi connectivity index (χ3n) is 4.28. The topological polar surface area (TPSA) is 148 Å². The second-order valence-corrected chi connectivity index (χ2v) is 11.4. The maximum absolute atomic E-state index is 12.1. The molecule has 0 unspecified atom stereocenters. The van der Waals surface area contributed by atoms with E-state index in [0.29, 0.717) is 0 Å². The smallest absolute Gasteiger partial charge is 0.329 e. The summed E-state index contributed by atoms with van der Waals surface area (Å²) in [4.78, 5) is 22.1. The lowest BCUT2D eigenvalue weighted by atomic mass is 9.69. The SMILES string of the molecule is C[Si](C)(C)O[C@H]1C=CC[C@@H]2c3c(no[n+]3[O-])C([N+](=O)[O-])=C[C@]12[N+](=O)[O-]. The van der Waals surface area contributed by atoms with Gasteiger partial charge in [-0.05, 0) is 31.0 Å². The molecule has 3 rings (SSSR count). The molecule has 0 amide bonds. The molecule has 0 saturated heterocycles. The summed E-state index contributed by atoms with van der Waals surface area (Å²) in [5, 5.41) is 39.0. The van der Waals surface area contributed by atoms with Crippen LogP contribution in [-0.4, -0.2) is 35.0 Å². The summed E-state index contributed by atoms with van der Waals surface area (Å²) < 4.78 is 10.4. The van der Waals surface area contributed by atoms with Crippen LogP contribution >= 0.6 is 0 Å². The van der Waals surface area contributed by atoms with Crippen molar-refractivity contribution in [2.45, 2.75) is 43.6 Å². The molecule has 12 heteroatoms. The van der Waals surface area contributed by atoms with E-state index in [1.165, 1.54) is 0 Å². The molecule has 0 bridgehead atoms. The Bertz CT molecular complexity index is 812. The van der Waals surface area contributed by atoms with Crippen molar-refractivity contribution < 1.29 is 23.8 Å². The largest absolute Gasteiger partial charge is 0.404 e. The van der Waals surface area contributed by atoms with Crippen LogP contribution < -0.4 is 4.90 Å². The van der Waals surface area contributed by atoms with Crippen molar-refractivity contribution in [3.63, 3.8) is 0 Å². The number of rotatable bonds is 4. The highest BCUT2D eigenvalue weighted by molar-refractivity contribution is 6.69. The molecule has 2 aliphatic carbocycles. The van der Waals surface area contributed by atoms with Gasteiger partial charge in [0.15, 0.2) is 8.32 Å². The Balaban J connectivity index is 2.28. The first-order chi connectivity index (χ1) is 11.6. The number of nitrogens with zero attached hydrogens (tertiary/aromatic N) is 4. The predicted molar refractivity (Wildman–Crippen MR) is 84.9 cm³/mol. The van der Waals surface area contributed by atoms with E-state index < -0.39 is 41.4 Å². The first-order valence-corrected chi connectivity index (χ1v) is 10.9. The number of hydrogen-bond acceptors (Lipinski definition) is 8. The molecular formula is C13H16N4O7Si. The molecule has 2 aliphatic rings. The Morgan fingerprint density at radius 3 is 2.64 bits per heavy atom. The molecule has 11 nitrogen and oxygen atoms in total. The fourth-order valence-corrected chi connectivity index (χ4v) is 4.37. The van der Waals surface area contributed by atoms with Gasteiger partial charge in [0.1, 0.15) is 12.0 Å². The van der Waals surface area contributed by atoms with Crippen LogP contribution in [0.2, 0.25) is 19.6 Å². The van der Waals surface area contributed by atoms with Crippen LogP contribution in [0.5, 0.6) is 0 Å². The van der Waals surface area contributed by atoms with Crippen LogP contribution in [0.4, 0.5) is 0 Å². The summed E-state index contributed by atoms with van der Waals surface area (Å²) in [5.41, 5.74) is -3.08. The molecule has 0 fully saturated rings. The van der Waals surface area contributed by atoms with Crippen molar-refractivity contribution in [1.82, 2.24) is 5.16 Å². The minimum Gasteiger partial charge on any atom is -0.404 e. The van der Waals surface area contributed by atoms with E-state index >= 15 is 0 Å². The molecular weight excluding hydrogens is 352 g/mol. The summed E-state index contributed by atoms with van der Waals surface area (Å²) in [6.07, 6.45) is 3.28. The van der Waals surface area contributed by atoms with Crippen LogP contribution in [0.1, 0.15) is 23.7 Å². The van der Waals surface area contributed by atoms with Crippen molar-refractivity contribution in [3.05, 3.63) is 55.1 Å². The van der Waals surface area contributed by atoms with Crippen molar-refractivity contribution in [2.24, 2.45) is 0 Å². The molecule has 0 saturated carbocycles. The highest BCUT2D eigenvalue weighted by atomic mass is 28.4. The lowest BCUT2D eigenvalue weighted by Crippen LogP contribution is -2.59. The highest BCUT2D eigenvalue weighted by Crippen LogP contribution is 2.48. The van der Waals surface area contributed by atoms with Crippen molar-refractivity contribution >= 4 is 14.0 Å². The zero-order chi connectivity index (χ0) is 18.6. The average molecular weight is 368 g/mol. The quantitative estimate of drug-likeness (QED) is 0.253. The number of aromatic nitrogens is 2. The van der Waals surface area contributed by atoms with Gasteiger partial charge in [-0.1, -0.05) is 12.2 Å². The van der Waals surface area contributed by atoms with Gasteiger partial charge >= 0.3 is 11.4 Å². The van der Waals surface area contributed by atoms with Crippen molar-refractivity contribution in [3.8, 4) is 0 Å². The zero-order valence-corrected chi connectivity index (χ0v) is 14.7. The average Bonchev–Trinajstić information content (AvgIpc) is 2.87. The Kier molecular flexibility index (Phi) is 3.76. The summed E-state index contributed by atoms with van der Waals surface area (Å²) in [6.45, 7) is 5.58. The van der Waals surface area contributed by atoms with Gasteiger partial charge in [-0.15, -0.1) is 0 Å². The van der Waals surface area contributed by atoms with Gasteiger partial charge in [-0.3, -0.25) is 24.9 Å². The molecule has 134 valence electrons. The van der Waals surface area contributed by atoms with Gasteiger partial charge in [0, 0.05) is 4.92 Å².